The Bertz CT molecular complexity index is 1280. The minimum absolute atomic E-state index is 0.244. The van der Waals surface area contributed by atoms with Gasteiger partial charge in [-0.2, -0.15) is 0 Å². The van der Waals surface area contributed by atoms with Gasteiger partial charge in [0.05, 0.1) is 27.5 Å². The number of pyridine rings is 1. The highest BCUT2D eigenvalue weighted by Gasteiger charge is 2.21. The van der Waals surface area contributed by atoms with Crippen LogP contribution in [0.1, 0.15) is 27.0 Å². The van der Waals surface area contributed by atoms with Crippen molar-refractivity contribution in [2.45, 2.75) is 20.8 Å². The number of aromatic nitrogens is 1. The van der Waals surface area contributed by atoms with Crippen molar-refractivity contribution in [2.24, 2.45) is 0 Å². The summed E-state index contributed by atoms with van der Waals surface area (Å²) in [5.74, 6) is -0.244. The monoisotopic (exact) mass is 434 g/mol. The molecule has 3 nitrogen and oxygen atoms in total. The first-order chi connectivity index (χ1) is 14.3. The summed E-state index contributed by atoms with van der Waals surface area (Å²) in [6.45, 7) is 5.96. The number of halogens is 2. The molecule has 0 aliphatic carbocycles. The minimum Gasteiger partial charge on any atom is -0.321 e. The van der Waals surface area contributed by atoms with Crippen molar-refractivity contribution in [3.8, 4) is 11.3 Å². The van der Waals surface area contributed by atoms with Crippen LogP contribution >= 0.6 is 23.2 Å². The molecule has 0 unspecified atom stereocenters. The standard InChI is InChI=1S/C25H20Cl2N2O/c1-14-11-15(2)23-19(12-14)22(16(3)24(29-23)17-7-5-4-6-8-17)25(30)28-21-13-18(26)9-10-20(21)27/h4-13H,1-3H3,(H,28,30). The molecule has 1 aromatic heterocycles. The number of rotatable bonds is 3. The average Bonchev–Trinajstić information content (AvgIpc) is 2.71. The minimum atomic E-state index is -0.244. The van der Waals surface area contributed by atoms with E-state index in [2.05, 4.69) is 11.4 Å². The van der Waals surface area contributed by atoms with Gasteiger partial charge in [0.15, 0.2) is 0 Å². The number of nitrogens with zero attached hydrogens (tertiary/aromatic N) is 1. The lowest BCUT2D eigenvalue weighted by Crippen LogP contribution is -2.16. The lowest BCUT2D eigenvalue weighted by Gasteiger charge is -2.17. The number of hydrogen-bond donors (Lipinski definition) is 1. The van der Waals surface area contributed by atoms with E-state index in [-0.39, 0.29) is 5.91 Å². The Morgan fingerprint density at radius 1 is 0.933 bits per heavy atom. The summed E-state index contributed by atoms with van der Waals surface area (Å²) in [7, 11) is 0. The number of fused-ring (bicyclic) bond motifs is 1. The Balaban J connectivity index is 1.96. The highest BCUT2D eigenvalue weighted by molar-refractivity contribution is 6.36. The van der Waals surface area contributed by atoms with Crippen LogP contribution in [0, 0.1) is 20.8 Å². The molecule has 4 rings (SSSR count). The summed E-state index contributed by atoms with van der Waals surface area (Å²) >= 11 is 12.4. The second-order valence-corrected chi connectivity index (χ2v) is 8.23. The molecule has 1 heterocycles. The molecule has 30 heavy (non-hydrogen) atoms. The zero-order valence-electron chi connectivity index (χ0n) is 16.9. The fraction of sp³-hybridized carbons (Fsp3) is 0.120. The van der Waals surface area contributed by atoms with Crippen LogP contribution < -0.4 is 5.32 Å². The molecule has 150 valence electrons. The van der Waals surface area contributed by atoms with Crippen LogP contribution in [-0.4, -0.2) is 10.9 Å². The molecule has 0 saturated heterocycles. The Labute approximate surface area is 185 Å². The molecule has 0 saturated carbocycles. The normalized spacial score (nSPS) is 11.0. The van der Waals surface area contributed by atoms with Gasteiger partial charge in [0.2, 0.25) is 0 Å². The van der Waals surface area contributed by atoms with Crippen molar-refractivity contribution in [1.29, 1.82) is 0 Å². The second kappa shape index (κ2) is 8.10. The van der Waals surface area contributed by atoms with Gasteiger partial charge in [-0.15, -0.1) is 0 Å². The summed E-state index contributed by atoms with van der Waals surface area (Å²) in [5.41, 5.74) is 6.54. The zero-order chi connectivity index (χ0) is 21.4. The molecule has 0 aliphatic rings. The molecular formula is C25H20Cl2N2O. The first kappa shape index (κ1) is 20.4. The molecule has 0 atom stereocenters. The quantitative estimate of drug-likeness (QED) is 0.365. The first-order valence-electron chi connectivity index (χ1n) is 9.58. The average molecular weight is 435 g/mol. The fourth-order valence-electron chi connectivity index (χ4n) is 3.76. The number of amides is 1. The van der Waals surface area contributed by atoms with E-state index in [9.17, 15) is 4.79 Å². The van der Waals surface area contributed by atoms with E-state index in [0.29, 0.717) is 21.3 Å². The van der Waals surface area contributed by atoms with E-state index in [1.807, 2.05) is 57.2 Å². The summed E-state index contributed by atoms with van der Waals surface area (Å²) in [5, 5.41) is 4.69. The zero-order valence-corrected chi connectivity index (χ0v) is 18.4. The third-order valence-electron chi connectivity index (χ3n) is 5.12. The molecule has 0 fully saturated rings. The highest BCUT2D eigenvalue weighted by atomic mass is 35.5. The molecule has 3 aromatic carbocycles. The van der Waals surface area contributed by atoms with E-state index in [0.717, 1.165) is 38.9 Å². The number of aryl methyl sites for hydroxylation is 2. The Kier molecular flexibility index (Phi) is 5.50. The van der Waals surface area contributed by atoms with Gasteiger partial charge in [-0.25, -0.2) is 4.98 Å². The van der Waals surface area contributed by atoms with E-state index >= 15 is 0 Å². The highest BCUT2D eigenvalue weighted by Crippen LogP contribution is 2.33. The summed E-state index contributed by atoms with van der Waals surface area (Å²) < 4.78 is 0. The van der Waals surface area contributed by atoms with E-state index in [1.165, 1.54) is 0 Å². The molecule has 1 N–H and O–H groups in total. The predicted octanol–water partition coefficient (Wildman–Crippen LogP) is 7.39. The van der Waals surface area contributed by atoms with Gasteiger partial charge in [-0.3, -0.25) is 4.79 Å². The number of carbonyl (C=O) groups is 1. The van der Waals surface area contributed by atoms with Gasteiger partial charge in [0.1, 0.15) is 0 Å². The first-order valence-corrected chi connectivity index (χ1v) is 10.3. The lowest BCUT2D eigenvalue weighted by molar-refractivity contribution is 0.102. The van der Waals surface area contributed by atoms with Gasteiger partial charge in [-0.1, -0.05) is 65.2 Å². The maximum Gasteiger partial charge on any atom is 0.256 e. The van der Waals surface area contributed by atoms with Crippen LogP contribution in [0.2, 0.25) is 10.0 Å². The molecule has 4 aromatic rings. The summed E-state index contributed by atoms with van der Waals surface area (Å²) in [6.07, 6.45) is 0. The van der Waals surface area contributed by atoms with Gasteiger partial charge in [-0.05, 0) is 56.2 Å². The topological polar surface area (TPSA) is 42.0 Å². The van der Waals surface area contributed by atoms with E-state index in [4.69, 9.17) is 28.2 Å². The van der Waals surface area contributed by atoms with E-state index < -0.39 is 0 Å². The van der Waals surface area contributed by atoms with Crippen LogP contribution in [0.3, 0.4) is 0 Å². The van der Waals surface area contributed by atoms with Crippen LogP contribution in [0.25, 0.3) is 22.2 Å². The SMILES string of the molecule is Cc1cc(C)c2nc(-c3ccccc3)c(C)c(C(=O)Nc3cc(Cl)ccc3Cl)c2c1. The van der Waals surface area contributed by atoms with Gasteiger partial charge >= 0.3 is 0 Å². The molecule has 0 aliphatic heterocycles. The van der Waals surface area contributed by atoms with Gasteiger partial charge in [0.25, 0.3) is 5.91 Å². The van der Waals surface area contributed by atoms with Crippen molar-refractivity contribution < 1.29 is 4.79 Å². The Morgan fingerprint density at radius 3 is 2.40 bits per heavy atom. The molecule has 0 radical (unpaired) electrons. The number of nitrogens with one attached hydrogen (secondary N) is 1. The van der Waals surface area contributed by atoms with Crippen LogP contribution in [0.15, 0.2) is 60.7 Å². The summed E-state index contributed by atoms with van der Waals surface area (Å²) in [4.78, 5) is 18.4. The maximum atomic E-state index is 13.5. The summed E-state index contributed by atoms with van der Waals surface area (Å²) in [6, 6.07) is 19.0. The molecule has 0 spiro atoms. The Hall–Kier alpha value is -2.88. The second-order valence-electron chi connectivity index (χ2n) is 7.38. The Morgan fingerprint density at radius 2 is 1.67 bits per heavy atom. The third-order valence-corrected chi connectivity index (χ3v) is 5.68. The number of carbonyl (C=O) groups excluding carboxylic acids is 1. The van der Waals surface area contributed by atoms with E-state index in [1.54, 1.807) is 18.2 Å². The van der Waals surface area contributed by atoms with Crippen molar-refractivity contribution in [3.63, 3.8) is 0 Å². The number of benzene rings is 3. The largest absolute Gasteiger partial charge is 0.321 e. The third kappa shape index (κ3) is 3.79. The molecule has 0 bridgehead atoms. The van der Waals surface area contributed by atoms with Gasteiger partial charge in [0, 0.05) is 16.0 Å². The number of anilines is 1. The van der Waals surface area contributed by atoms with Crippen molar-refractivity contribution in [2.75, 3.05) is 5.32 Å². The number of hydrogen-bond acceptors (Lipinski definition) is 2. The maximum absolute atomic E-state index is 13.5. The smallest absolute Gasteiger partial charge is 0.256 e. The van der Waals surface area contributed by atoms with Gasteiger partial charge < -0.3 is 5.32 Å². The van der Waals surface area contributed by atoms with Crippen molar-refractivity contribution in [1.82, 2.24) is 4.98 Å². The van der Waals surface area contributed by atoms with Crippen molar-refractivity contribution >= 4 is 45.7 Å². The fourth-order valence-corrected chi connectivity index (χ4v) is 4.10. The predicted molar refractivity (Wildman–Crippen MR) is 126 cm³/mol. The molecule has 1 amide bonds. The molecular weight excluding hydrogens is 415 g/mol. The molecule has 5 heteroatoms. The van der Waals surface area contributed by atoms with Crippen LogP contribution in [-0.2, 0) is 0 Å². The van der Waals surface area contributed by atoms with Crippen LogP contribution in [0.5, 0.6) is 0 Å². The van der Waals surface area contributed by atoms with Crippen LogP contribution in [0.4, 0.5) is 5.69 Å². The van der Waals surface area contributed by atoms with Crippen molar-refractivity contribution in [3.05, 3.63) is 93.0 Å². The lowest BCUT2D eigenvalue weighted by atomic mass is 9.94.